The van der Waals surface area contributed by atoms with Gasteiger partial charge in [-0.15, -0.1) is 0 Å². The summed E-state index contributed by atoms with van der Waals surface area (Å²) in [7, 11) is -3.84. The number of amides is 1. The number of carbonyl (C=O) groups is 1. The van der Waals surface area contributed by atoms with Gasteiger partial charge < -0.3 is 9.64 Å². The minimum Gasteiger partial charge on any atom is -0.484 e. The van der Waals surface area contributed by atoms with Gasteiger partial charge >= 0.3 is 0 Å². The Balaban J connectivity index is 1.59. The van der Waals surface area contributed by atoms with Gasteiger partial charge in [0, 0.05) is 31.2 Å². The SMILES string of the molecule is O=C(COc1ccc(Cl)cc1)N1CCN(S(=O)(=O)c2c(Cl)cccc2Cl)CC1. The Morgan fingerprint density at radius 3 is 2.07 bits per heavy atom. The second-order valence-electron chi connectivity index (χ2n) is 6.08. The minimum absolute atomic E-state index is 0.0716. The summed E-state index contributed by atoms with van der Waals surface area (Å²) in [6.45, 7) is 0.673. The summed E-state index contributed by atoms with van der Waals surface area (Å²) in [6.07, 6.45) is 0. The van der Waals surface area contributed by atoms with Crippen molar-refractivity contribution in [3.05, 3.63) is 57.5 Å². The Morgan fingerprint density at radius 1 is 0.929 bits per heavy atom. The van der Waals surface area contributed by atoms with Crippen molar-refractivity contribution < 1.29 is 17.9 Å². The molecule has 1 aliphatic rings. The van der Waals surface area contributed by atoms with E-state index in [1.54, 1.807) is 35.2 Å². The van der Waals surface area contributed by atoms with Crippen molar-refractivity contribution in [1.29, 1.82) is 0 Å². The van der Waals surface area contributed by atoms with Gasteiger partial charge in [-0.2, -0.15) is 4.31 Å². The standard InChI is InChI=1S/C18H17Cl3N2O4S/c19-13-4-6-14(7-5-13)27-12-17(24)22-8-10-23(11-9-22)28(25,26)18-15(20)2-1-3-16(18)21/h1-7H,8-12H2. The molecule has 150 valence electrons. The lowest BCUT2D eigenvalue weighted by atomic mass is 10.3. The first-order valence-corrected chi connectivity index (χ1v) is 11.0. The third kappa shape index (κ3) is 4.72. The molecule has 10 heteroatoms. The maximum atomic E-state index is 12.9. The van der Waals surface area contributed by atoms with Crippen LogP contribution in [-0.4, -0.2) is 56.3 Å². The van der Waals surface area contributed by atoms with E-state index in [2.05, 4.69) is 0 Å². The summed E-state index contributed by atoms with van der Waals surface area (Å²) >= 11 is 17.9. The molecular formula is C18H17Cl3N2O4S. The number of benzene rings is 2. The van der Waals surface area contributed by atoms with Crippen molar-refractivity contribution in [2.24, 2.45) is 0 Å². The molecule has 6 nitrogen and oxygen atoms in total. The average molecular weight is 464 g/mol. The van der Waals surface area contributed by atoms with E-state index in [0.717, 1.165) is 0 Å². The lowest BCUT2D eigenvalue weighted by molar-refractivity contribution is -0.134. The van der Waals surface area contributed by atoms with Crippen LogP contribution in [0.3, 0.4) is 0 Å². The van der Waals surface area contributed by atoms with E-state index >= 15 is 0 Å². The topological polar surface area (TPSA) is 66.9 Å². The molecule has 2 aromatic rings. The Morgan fingerprint density at radius 2 is 1.50 bits per heavy atom. The van der Waals surface area contributed by atoms with Crippen LogP contribution in [0.4, 0.5) is 0 Å². The summed E-state index contributed by atoms with van der Waals surface area (Å²) in [6, 6.07) is 11.2. The molecule has 2 aromatic carbocycles. The van der Waals surface area contributed by atoms with Gasteiger partial charge in [0.1, 0.15) is 10.6 Å². The first-order chi connectivity index (χ1) is 13.3. The summed E-state index contributed by atoms with van der Waals surface area (Å²) < 4.78 is 32.5. The van der Waals surface area contributed by atoms with Gasteiger partial charge in [-0.3, -0.25) is 4.79 Å². The van der Waals surface area contributed by atoms with Crippen molar-refractivity contribution >= 4 is 50.7 Å². The molecule has 0 aliphatic carbocycles. The zero-order valence-corrected chi connectivity index (χ0v) is 17.7. The fraction of sp³-hybridized carbons (Fsp3) is 0.278. The molecule has 0 unspecified atom stereocenters. The monoisotopic (exact) mass is 462 g/mol. The second kappa shape index (κ2) is 8.88. The highest BCUT2D eigenvalue weighted by Crippen LogP contribution is 2.31. The van der Waals surface area contributed by atoms with E-state index in [0.29, 0.717) is 10.8 Å². The maximum Gasteiger partial charge on any atom is 0.260 e. The van der Waals surface area contributed by atoms with Crippen LogP contribution >= 0.6 is 34.8 Å². The molecule has 1 fully saturated rings. The predicted octanol–water partition coefficient (Wildman–Crippen LogP) is 3.56. The lowest BCUT2D eigenvalue weighted by Crippen LogP contribution is -2.51. The number of rotatable bonds is 5. The van der Waals surface area contributed by atoms with E-state index in [4.69, 9.17) is 39.5 Å². The molecule has 1 aliphatic heterocycles. The van der Waals surface area contributed by atoms with Crippen LogP contribution in [0.2, 0.25) is 15.1 Å². The zero-order chi connectivity index (χ0) is 20.3. The van der Waals surface area contributed by atoms with E-state index in [1.807, 2.05) is 0 Å². The first-order valence-electron chi connectivity index (χ1n) is 8.39. The van der Waals surface area contributed by atoms with Gasteiger partial charge in [0.2, 0.25) is 10.0 Å². The van der Waals surface area contributed by atoms with Crippen LogP contribution in [0.15, 0.2) is 47.4 Å². The van der Waals surface area contributed by atoms with Crippen LogP contribution < -0.4 is 4.74 Å². The smallest absolute Gasteiger partial charge is 0.260 e. The molecule has 28 heavy (non-hydrogen) atoms. The number of carbonyl (C=O) groups excluding carboxylic acids is 1. The van der Waals surface area contributed by atoms with E-state index in [-0.39, 0.29) is 53.6 Å². The van der Waals surface area contributed by atoms with Crippen LogP contribution in [0.25, 0.3) is 0 Å². The van der Waals surface area contributed by atoms with Crippen molar-refractivity contribution in [2.75, 3.05) is 32.8 Å². The highest BCUT2D eigenvalue weighted by molar-refractivity contribution is 7.89. The van der Waals surface area contributed by atoms with Gasteiger partial charge in [0.15, 0.2) is 6.61 Å². The van der Waals surface area contributed by atoms with Crippen LogP contribution in [0.1, 0.15) is 0 Å². The number of halogens is 3. The molecule has 0 aromatic heterocycles. The third-order valence-electron chi connectivity index (χ3n) is 4.28. The van der Waals surface area contributed by atoms with Gasteiger partial charge in [-0.05, 0) is 36.4 Å². The van der Waals surface area contributed by atoms with Crippen LogP contribution in [0, 0.1) is 0 Å². The van der Waals surface area contributed by atoms with Gasteiger partial charge in [0.05, 0.1) is 10.0 Å². The summed E-state index contributed by atoms with van der Waals surface area (Å²) in [5.74, 6) is 0.315. The highest BCUT2D eigenvalue weighted by atomic mass is 35.5. The van der Waals surface area contributed by atoms with Crippen LogP contribution in [0.5, 0.6) is 5.75 Å². The highest BCUT2D eigenvalue weighted by Gasteiger charge is 2.33. The molecular weight excluding hydrogens is 447 g/mol. The predicted molar refractivity (Wildman–Crippen MR) is 109 cm³/mol. The molecule has 0 N–H and O–H groups in total. The van der Waals surface area contributed by atoms with Gasteiger partial charge in [-0.1, -0.05) is 40.9 Å². The number of hydrogen-bond donors (Lipinski definition) is 0. The molecule has 1 heterocycles. The summed E-state index contributed by atoms with van der Waals surface area (Å²) in [5.41, 5.74) is 0. The van der Waals surface area contributed by atoms with Gasteiger partial charge in [0.25, 0.3) is 5.91 Å². The molecule has 0 radical (unpaired) electrons. The Labute approximate surface area is 178 Å². The number of piperazine rings is 1. The fourth-order valence-electron chi connectivity index (χ4n) is 2.80. The number of hydrogen-bond acceptors (Lipinski definition) is 4. The van der Waals surface area contributed by atoms with E-state index < -0.39 is 10.0 Å². The normalized spacial score (nSPS) is 15.5. The Hall–Kier alpha value is -1.51. The minimum atomic E-state index is -3.84. The summed E-state index contributed by atoms with van der Waals surface area (Å²) in [4.78, 5) is 13.8. The van der Waals surface area contributed by atoms with E-state index in [9.17, 15) is 13.2 Å². The molecule has 1 saturated heterocycles. The summed E-state index contributed by atoms with van der Waals surface area (Å²) in [5, 5.41) is 0.722. The molecule has 0 atom stereocenters. The molecule has 1 amide bonds. The Bertz CT molecular complexity index is 939. The Kier molecular flexibility index (Phi) is 6.73. The van der Waals surface area contributed by atoms with Gasteiger partial charge in [-0.25, -0.2) is 8.42 Å². The fourth-order valence-corrected chi connectivity index (χ4v) is 5.44. The third-order valence-corrected chi connectivity index (χ3v) is 7.39. The number of nitrogens with zero attached hydrogens (tertiary/aromatic N) is 2. The van der Waals surface area contributed by atoms with Crippen molar-refractivity contribution in [3.63, 3.8) is 0 Å². The zero-order valence-electron chi connectivity index (χ0n) is 14.6. The second-order valence-corrected chi connectivity index (χ2v) is 9.20. The number of sulfonamides is 1. The molecule has 0 spiro atoms. The largest absolute Gasteiger partial charge is 0.484 e. The maximum absolute atomic E-state index is 12.9. The van der Waals surface area contributed by atoms with Crippen molar-refractivity contribution in [1.82, 2.24) is 9.21 Å². The van der Waals surface area contributed by atoms with Crippen molar-refractivity contribution in [2.45, 2.75) is 4.90 Å². The average Bonchev–Trinajstić information content (AvgIpc) is 2.67. The molecule has 0 bridgehead atoms. The molecule has 3 rings (SSSR count). The number of ether oxygens (including phenoxy) is 1. The molecule has 0 saturated carbocycles. The van der Waals surface area contributed by atoms with E-state index in [1.165, 1.54) is 16.4 Å². The quantitative estimate of drug-likeness (QED) is 0.680. The van der Waals surface area contributed by atoms with Crippen molar-refractivity contribution in [3.8, 4) is 5.75 Å². The first kappa shape index (κ1) is 21.2. The van der Waals surface area contributed by atoms with Crippen LogP contribution in [-0.2, 0) is 14.8 Å². The lowest BCUT2D eigenvalue weighted by Gasteiger charge is -2.34.